The molecule has 0 aliphatic carbocycles. The molecule has 0 bridgehead atoms. The Hall–Kier alpha value is -3.89. The van der Waals surface area contributed by atoms with Gasteiger partial charge in [0.1, 0.15) is 11.5 Å². The maximum absolute atomic E-state index is 13.1. The number of aromatic hydroxyl groups is 1. The number of phenolic OH excluding ortho intramolecular Hbond substituents is 1. The number of amidine groups is 1. The number of hydrogen-bond donors (Lipinski definition) is 1. The first kappa shape index (κ1) is 22.3. The number of amides is 1. The molecular weight excluding hydrogens is 468 g/mol. The van der Waals surface area contributed by atoms with E-state index in [4.69, 9.17) is 16.0 Å². The van der Waals surface area contributed by atoms with E-state index in [1.54, 1.807) is 36.4 Å². The third-order valence-corrected chi connectivity index (χ3v) is 5.72. The molecule has 11 heteroatoms. The highest BCUT2D eigenvalue weighted by Crippen LogP contribution is 2.35. The summed E-state index contributed by atoms with van der Waals surface area (Å²) in [7, 11) is 0. The van der Waals surface area contributed by atoms with Crippen molar-refractivity contribution in [2.24, 2.45) is 10.2 Å². The number of halogens is 1. The largest absolute Gasteiger partial charge is 0.507 e. The summed E-state index contributed by atoms with van der Waals surface area (Å²) in [6.07, 6.45) is 4.39. The molecule has 3 aromatic rings. The second-order valence-corrected chi connectivity index (χ2v) is 8.21. The van der Waals surface area contributed by atoms with Crippen molar-refractivity contribution >= 4 is 52.4 Å². The summed E-state index contributed by atoms with van der Waals surface area (Å²) in [4.78, 5) is 25.2. The van der Waals surface area contributed by atoms with Gasteiger partial charge in [0.15, 0.2) is 5.17 Å². The predicted octanol–water partition coefficient (Wildman–Crippen LogP) is 5.05. The Labute approximate surface area is 196 Å². The van der Waals surface area contributed by atoms with Crippen molar-refractivity contribution in [1.29, 1.82) is 0 Å². The van der Waals surface area contributed by atoms with E-state index < -0.39 is 4.92 Å². The number of hydrogen-bond acceptors (Lipinski definition) is 8. The van der Waals surface area contributed by atoms with Crippen LogP contribution in [-0.2, 0) is 11.3 Å². The zero-order valence-electron chi connectivity index (χ0n) is 16.8. The highest BCUT2D eigenvalue weighted by atomic mass is 35.5. The molecule has 0 spiro atoms. The van der Waals surface area contributed by atoms with Gasteiger partial charge in [0.05, 0.1) is 28.9 Å². The fourth-order valence-electron chi connectivity index (χ4n) is 2.93. The number of carbonyl (C=O) groups excluding carboxylic acids is 1. The lowest BCUT2D eigenvalue weighted by Gasteiger charge is -2.12. The first-order valence-electron chi connectivity index (χ1n) is 9.48. The molecule has 1 aromatic heterocycles. The van der Waals surface area contributed by atoms with Crippen LogP contribution in [0.2, 0.25) is 5.02 Å². The molecule has 1 fully saturated rings. The molecule has 1 N–H and O–H groups in total. The number of benzene rings is 2. The topological polar surface area (TPSA) is 122 Å². The van der Waals surface area contributed by atoms with Crippen LogP contribution in [0.4, 0.5) is 5.69 Å². The van der Waals surface area contributed by atoms with E-state index >= 15 is 0 Å². The summed E-state index contributed by atoms with van der Waals surface area (Å²) in [5, 5.41) is 29.9. The third kappa shape index (κ3) is 5.30. The van der Waals surface area contributed by atoms with Gasteiger partial charge in [-0.1, -0.05) is 23.7 Å². The van der Waals surface area contributed by atoms with Crippen LogP contribution in [0.5, 0.6) is 5.75 Å². The molecule has 9 nitrogen and oxygen atoms in total. The molecule has 2 aromatic carbocycles. The number of phenols is 1. The van der Waals surface area contributed by atoms with E-state index in [2.05, 4.69) is 10.2 Å². The lowest BCUT2D eigenvalue weighted by Crippen LogP contribution is -2.28. The standard InChI is InChI=1S/C22H15ClN4O5S/c23-16-6-7-19(28)15(10-16)11-20-21(29)26(13-18-5-2-8-32-18)22(33-20)25-24-12-14-3-1-4-17(9-14)27(30)31/h1-12,28H,13H2/b20-11-,24-12-,25-22+. The number of nitro groups is 1. The molecule has 4 rings (SSSR count). The van der Waals surface area contributed by atoms with E-state index in [1.807, 2.05) is 0 Å². The summed E-state index contributed by atoms with van der Waals surface area (Å²) >= 11 is 7.08. The molecule has 0 saturated carbocycles. The Balaban J connectivity index is 1.64. The van der Waals surface area contributed by atoms with Crippen molar-refractivity contribution in [2.45, 2.75) is 6.54 Å². The van der Waals surface area contributed by atoms with E-state index in [0.717, 1.165) is 11.8 Å². The van der Waals surface area contributed by atoms with Gasteiger partial charge in [-0.15, -0.1) is 5.10 Å². The van der Waals surface area contributed by atoms with Crippen LogP contribution >= 0.6 is 23.4 Å². The van der Waals surface area contributed by atoms with E-state index in [1.165, 1.54) is 41.7 Å². The molecule has 33 heavy (non-hydrogen) atoms. The van der Waals surface area contributed by atoms with Gasteiger partial charge in [-0.05, 0) is 48.2 Å². The summed E-state index contributed by atoms with van der Waals surface area (Å²) < 4.78 is 5.35. The Morgan fingerprint density at radius 3 is 2.82 bits per heavy atom. The van der Waals surface area contributed by atoms with Crippen molar-refractivity contribution < 1.29 is 19.2 Å². The number of furan rings is 1. The average molecular weight is 483 g/mol. The van der Waals surface area contributed by atoms with Gasteiger partial charge < -0.3 is 9.52 Å². The van der Waals surface area contributed by atoms with Crippen LogP contribution in [0.15, 0.2) is 80.4 Å². The molecule has 166 valence electrons. The Morgan fingerprint density at radius 2 is 2.06 bits per heavy atom. The van der Waals surface area contributed by atoms with Crippen LogP contribution in [-0.4, -0.2) is 32.2 Å². The second kappa shape index (κ2) is 9.72. The molecule has 1 saturated heterocycles. The first-order valence-corrected chi connectivity index (χ1v) is 10.7. The predicted molar refractivity (Wildman–Crippen MR) is 126 cm³/mol. The van der Waals surface area contributed by atoms with Crippen LogP contribution in [0.25, 0.3) is 6.08 Å². The highest BCUT2D eigenvalue weighted by Gasteiger charge is 2.34. The molecular formula is C22H15ClN4O5S. The maximum Gasteiger partial charge on any atom is 0.270 e. The molecule has 0 atom stereocenters. The Kier molecular flexibility index (Phi) is 6.57. The average Bonchev–Trinajstić information content (AvgIpc) is 3.41. The van der Waals surface area contributed by atoms with Gasteiger partial charge in [-0.3, -0.25) is 19.8 Å². The van der Waals surface area contributed by atoms with Gasteiger partial charge in [-0.2, -0.15) is 5.10 Å². The lowest BCUT2D eigenvalue weighted by molar-refractivity contribution is -0.384. The molecule has 1 aliphatic heterocycles. The summed E-state index contributed by atoms with van der Waals surface area (Å²) in [6, 6.07) is 13.9. The maximum atomic E-state index is 13.1. The number of rotatable bonds is 6. The van der Waals surface area contributed by atoms with Crippen LogP contribution in [0, 0.1) is 10.1 Å². The third-order valence-electron chi connectivity index (χ3n) is 4.49. The van der Waals surface area contributed by atoms with Crippen molar-refractivity contribution in [3.63, 3.8) is 0 Å². The van der Waals surface area contributed by atoms with Gasteiger partial charge in [0.2, 0.25) is 0 Å². The normalized spacial score (nSPS) is 16.4. The van der Waals surface area contributed by atoms with Crippen LogP contribution in [0.1, 0.15) is 16.9 Å². The summed E-state index contributed by atoms with van der Waals surface area (Å²) in [5.41, 5.74) is 0.806. The van der Waals surface area contributed by atoms with Gasteiger partial charge in [0, 0.05) is 28.3 Å². The zero-order chi connectivity index (χ0) is 23.4. The number of nitrogens with zero attached hydrogens (tertiary/aromatic N) is 4. The number of carbonyl (C=O) groups is 1. The van der Waals surface area contributed by atoms with Crippen molar-refractivity contribution in [1.82, 2.24) is 4.90 Å². The molecule has 0 unspecified atom stereocenters. The summed E-state index contributed by atoms with van der Waals surface area (Å²) in [5.74, 6) is 0.179. The van der Waals surface area contributed by atoms with Crippen molar-refractivity contribution in [3.8, 4) is 5.75 Å². The highest BCUT2D eigenvalue weighted by molar-refractivity contribution is 8.18. The Bertz CT molecular complexity index is 1300. The number of thioether (sulfide) groups is 1. The minimum atomic E-state index is -0.498. The van der Waals surface area contributed by atoms with Crippen LogP contribution in [0.3, 0.4) is 0 Å². The fraction of sp³-hybridized carbons (Fsp3) is 0.0455. The quantitative estimate of drug-likeness (QED) is 0.227. The SMILES string of the molecule is O=C1/C(=C/c2cc(Cl)ccc2O)S/C(=N/N=C\c2cccc([N+](=O)[O-])c2)N1Cc1ccco1. The molecule has 1 aliphatic rings. The molecule has 2 heterocycles. The van der Waals surface area contributed by atoms with Crippen molar-refractivity contribution in [3.05, 3.63) is 97.8 Å². The fourth-order valence-corrected chi connectivity index (χ4v) is 4.03. The van der Waals surface area contributed by atoms with Crippen LogP contribution < -0.4 is 0 Å². The molecule has 0 radical (unpaired) electrons. The van der Waals surface area contributed by atoms with E-state index in [-0.39, 0.29) is 29.1 Å². The number of nitro benzene ring substituents is 1. The monoisotopic (exact) mass is 482 g/mol. The second-order valence-electron chi connectivity index (χ2n) is 6.76. The lowest BCUT2D eigenvalue weighted by atomic mass is 10.2. The Morgan fingerprint density at radius 1 is 1.21 bits per heavy atom. The van der Waals surface area contributed by atoms with E-state index in [0.29, 0.717) is 26.8 Å². The number of non-ortho nitro benzene ring substituents is 1. The first-order chi connectivity index (χ1) is 15.9. The minimum absolute atomic E-state index is 0.0213. The van der Waals surface area contributed by atoms with E-state index in [9.17, 15) is 20.0 Å². The minimum Gasteiger partial charge on any atom is -0.507 e. The smallest absolute Gasteiger partial charge is 0.270 e. The van der Waals surface area contributed by atoms with Gasteiger partial charge in [-0.25, -0.2) is 0 Å². The van der Waals surface area contributed by atoms with Crippen molar-refractivity contribution in [2.75, 3.05) is 0 Å². The summed E-state index contributed by atoms with van der Waals surface area (Å²) in [6.45, 7) is 0.128. The molecule has 1 amide bonds. The van der Waals surface area contributed by atoms with Gasteiger partial charge >= 0.3 is 0 Å². The zero-order valence-corrected chi connectivity index (χ0v) is 18.4. The van der Waals surface area contributed by atoms with Gasteiger partial charge in [0.25, 0.3) is 11.6 Å².